The molecule has 0 unspecified atom stereocenters. The van der Waals surface area contributed by atoms with Gasteiger partial charge in [0, 0.05) is 60.4 Å². The zero-order valence-corrected chi connectivity index (χ0v) is 13.5. The van der Waals surface area contributed by atoms with Gasteiger partial charge in [0.05, 0.1) is 4.92 Å². The fourth-order valence-electron chi connectivity index (χ4n) is 2.57. The number of aromatic nitrogens is 2. The van der Waals surface area contributed by atoms with Crippen LogP contribution in [0.15, 0.2) is 18.3 Å². The molecule has 0 saturated heterocycles. The third kappa shape index (κ3) is 3.15. The van der Waals surface area contributed by atoms with Crippen LogP contribution in [-0.4, -0.2) is 26.3 Å². The van der Waals surface area contributed by atoms with Gasteiger partial charge in [0.15, 0.2) is 0 Å². The summed E-state index contributed by atoms with van der Waals surface area (Å²) in [5.41, 5.74) is 2.31. The van der Waals surface area contributed by atoms with Crippen molar-refractivity contribution in [3.8, 4) is 0 Å². The zero-order chi connectivity index (χ0) is 15.7. The summed E-state index contributed by atoms with van der Waals surface area (Å²) in [6.07, 6.45) is 2.84. The van der Waals surface area contributed by atoms with E-state index in [0.29, 0.717) is 5.92 Å². The highest BCUT2D eigenvalue weighted by atomic mass is 32.1. The second-order valence-corrected chi connectivity index (χ2v) is 6.96. The minimum absolute atomic E-state index is 0.206. The number of fused-ring (bicyclic) bond motifs is 1. The highest BCUT2D eigenvalue weighted by Crippen LogP contribution is 2.27. The van der Waals surface area contributed by atoms with Crippen LogP contribution in [-0.2, 0) is 19.5 Å². The van der Waals surface area contributed by atoms with E-state index in [1.807, 2.05) is 12.3 Å². The molecule has 0 aromatic carbocycles. The largest absolute Gasteiger partial charge is 0.324 e. The molecule has 6 nitrogen and oxygen atoms in total. The third-order valence-electron chi connectivity index (χ3n) is 3.75. The van der Waals surface area contributed by atoms with Crippen molar-refractivity contribution in [3.05, 3.63) is 50.4 Å². The first-order chi connectivity index (χ1) is 10.5. The molecule has 0 spiro atoms. The first kappa shape index (κ1) is 15.1. The number of nitro groups is 1. The minimum atomic E-state index is -0.332. The van der Waals surface area contributed by atoms with Crippen molar-refractivity contribution in [2.24, 2.45) is 0 Å². The first-order valence-corrected chi connectivity index (χ1v) is 8.14. The molecule has 7 heteroatoms. The van der Waals surface area contributed by atoms with E-state index in [9.17, 15) is 10.1 Å². The molecule has 1 aliphatic rings. The molecule has 0 amide bonds. The molecule has 0 radical (unpaired) electrons. The van der Waals surface area contributed by atoms with Crippen LogP contribution in [0.2, 0.25) is 0 Å². The van der Waals surface area contributed by atoms with E-state index in [0.717, 1.165) is 42.5 Å². The Bertz CT molecular complexity index is 699. The fourth-order valence-corrected chi connectivity index (χ4v) is 3.44. The second-order valence-electron chi connectivity index (χ2n) is 5.81. The maximum atomic E-state index is 10.7. The molecule has 0 fully saturated rings. The molecule has 2 aromatic rings. The average molecular weight is 318 g/mol. The summed E-state index contributed by atoms with van der Waals surface area (Å²) in [5, 5.41) is 10.9. The molecular formula is C15H18N4O2S. The van der Waals surface area contributed by atoms with Crippen molar-refractivity contribution < 1.29 is 4.92 Å². The Kier molecular flexibility index (Phi) is 4.17. The van der Waals surface area contributed by atoms with Crippen LogP contribution in [0.1, 0.15) is 41.7 Å². The summed E-state index contributed by atoms with van der Waals surface area (Å²) in [4.78, 5) is 22.8. The lowest BCUT2D eigenvalue weighted by Gasteiger charge is -2.27. The van der Waals surface area contributed by atoms with Crippen LogP contribution in [0.3, 0.4) is 0 Å². The normalized spacial score (nSPS) is 15.0. The predicted molar refractivity (Wildman–Crippen MR) is 84.9 cm³/mol. The van der Waals surface area contributed by atoms with Crippen LogP contribution < -0.4 is 0 Å². The molecule has 0 bridgehead atoms. The van der Waals surface area contributed by atoms with Gasteiger partial charge in [0.25, 0.3) is 0 Å². The Morgan fingerprint density at radius 1 is 1.45 bits per heavy atom. The molecule has 3 heterocycles. The quantitative estimate of drug-likeness (QED) is 0.639. The Morgan fingerprint density at radius 2 is 2.27 bits per heavy atom. The van der Waals surface area contributed by atoms with E-state index in [2.05, 4.69) is 28.7 Å². The molecule has 116 valence electrons. The lowest BCUT2D eigenvalue weighted by Crippen LogP contribution is -2.30. The summed E-state index contributed by atoms with van der Waals surface area (Å²) in [5.74, 6) is 1.25. The number of nitrogens with zero attached hydrogens (tertiary/aromatic N) is 4. The number of rotatable bonds is 4. The van der Waals surface area contributed by atoms with Gasteiger partial charge >= 0.3 is 5.00 Å². The maximum Gasteiger partial charge on any atom is 0.324 e. The van der Waals surface area contributed by atoms with E-state index in [4.69, 9.17) is 0 Å². The highest BCUT2D eigenvalue weighted by Gasteiger charge is 2.20. The fraction of sp³-hybridized carbons (Fsp3) is 0.467. The molecule has 0 saturated carbocycles. The molecule has 0 aliphatic carbocycles. The minimum Gasteiger partial charge on any atom is -0.293 e. The molecule has 0 atom stereocenters. The first-order valence-electron chi connectivity index (χ1n) is 7.33. The molecular weight excluding hydrogens is 300 g/mol. The van der Waals surface area contributed by atoms with E-state index >= 15 is 0 Å². The average Bonchev–Trinajstić information content (AvgIpc) is 2.95. The van der Waals surface area contributed by atoms with Gasteiger partial charge in [0.1, 0.15) is 5.82 Å². The van der Waals surface area contributed by atoms with Gasteiger partial charge in [-0.1, -0.05) is 25.2 Å². The Labute approximate surface area is 133 Å². The second kappa shape index (κ2) is 6.10. The smallest absolute Gasteiger partial charge is 0.293 e. The Morgan fingerprint density at radius 3 is 2.95 bits per heavy atom. The lowest BCUT2D eigenvalue weighted by atomic mass is 10.1. The monoisotopic (exact) mass is 318 g/mol. The number of hydrogen-bond donors (Lipinski definition) is 0. The van der Waals surface area contributed by atoms with E-state index in [-0.39, 0.29) is 9.92 Å². The number of thiophene rings is 1. The van der Waals surface area contributed by atoms with Crippen LogP contribution in [0, 0.1) is 10.1 Å². The van der Waals surface area contributed by atoms with Gasteiger partial charge < -0.3 is 0 Å². The Balaban J connectivity index is 1.70. The maximum absolute atomic E-state index is 10.7. The van der Waals surface area contributed by atoms with Crippen molar-refractivity contribution in [2.75, 3.05) is 6.54 Å². The third-order valence-corrected chi connectivity index (χ3v) is 4.78. The van der Waals surface area contributed by atoms with Gasteiger partial charge in [-0.2, -0.15) is 0 Å². The van der Waals surface area contributed by atoms with Gasteiger partial charge in [-0.3, -0.25) is 15.0 Å². The summed E-state index contributed by atoms with van der Waals surface area (Å²) in [7, 11) is 0. The lowest BCUT2D eigenvalue weighted by molar-refractivity contribution is -0.380. The summed E-state index contributed by atoms with van der Waals surface area (Å²) >= 11 is 1.25. The molecule has 3 rings (SSSR count). The van der Waals surface area contributed by atoms with Crippen LogP contribution in [0.4, 0.5) is 5.00 Å². The number of hydrogen-bond acceptors (Lipinski definition) is 6. The summed E-state index contributed by atoms with van der Waals surface area (Å²) < 4.78 is 0. The van der Waals surface area contributed by atoms with Crippen molar-refractivity contribution in [2.45, 2.75) is 39.3 Å². The van der Waals surface area contributed by atoms with E-state index in [1.54, 1.807) is 6.07 Å². The molecule has 22 heavy (non-hydrogen) atoms. The standard InChI is InChI=1S/C15H18N4O2S/c1-10(2)15-16-7-11-8-18(6-5-13(11)17-15)9-12-3-4-14(22-12)19(20)21/h3-4,7,10H,5-6,8-9H2,1-2H3. The summed E-state index contributed by atoms with van der Waals surface area (Å²) in [6, 6.07) is 3.42. The topological polar surface area (TPSA) is 72.2 Å². The van der Waals surface area contributed by atoms with E-state index in [1.165, 1.54) is 16.9 Å². The van der Waals surface area contributed by atoms with E-state index < -0.39 is 0 Å². The predicted octanol–water partition coefficient (Wildman–Crippen LogP) is 3.13. The van der Waals surface area contributed by atoms with Gasteiger partial charge in [-0.05, 0) is 6.07 Å². The Hall–Kier alpha value is -1.86. The summed E-state index contributed by atoms with van der Waals surface area (Å²) in [6.45, 7) is 6.66. The zero-order valence-electron chi connectivity index (χ0n) is 12.7. The molecule has 0 N–H and O–H groups in total. The van der Waals surface area contributed by atoms with Crippen molar-refractivity contribution in [1.82, 2.24) is 14.9 Å². The molecule has 1 aliphatic heterocycles. The van der Waals surface area contributed by atoms with Crippen LogP contribution >= 0.6 is 11.3 Å². The van der Waals surface area contributed by atoms with Crippen LogP contribution in [0.25, 0.3) is 0 Å². The van der Waals surface area contributed by atoms with Gasteiger partial charge in [-0.25, -0.2) is 9.97 Å². The van der Waals surface area contributed by atoms with Crippen molar-refractivity contribution in [3.63, 3.8) is 0 Å². The highest BCUT2D eigenvalue weighted by molar-refractivity contribution is 7.15. The van der Waals surface area contributed by atoms with Crippen molar-refractivity contribution in [1.29, 1.82) is 0 Å². The van der Waals surface area contributed by atoms with Crippen molar-refractivity contribution >= 4 is 16.3 Å². The van der Waals surface area contributed by atoms with Gasteiger partial charge in [-0.15, -0.1) is 0 Å². The molecule has 2 aromatic heterocycles. The van der Waals surface area contributed by atoms with Crippen LogP contribution in [0.5, 0.6) is 0 Å². The SMILES string of the molecule is CC(C)c1ncc2c(n1)CCN(Cc1ccc([N+](=O)[O-])s1)C2. The van der Waals surface area contributed by atoms with Gasteiger partial charge in [0.2, 0.25) is 0 Å².